The summed E-state index contributed by atoms with van der Waals surface area (Å²) in [6.07, 6.45) is 0. The van der Waals surface area contributed by atoms with Crippen molar-refractivity contribution in [3.8, 4) is 0 Å². The Morgan fingerprint density at radius 1 is 1.38 bits per heavy atom. The number of hydrogen-bond acceptors (Lipinski definition) is 2. The Hall–Kier alpha value is -0.640. The molecule has 0 radical (unpaired) electrons. The molecule has 0 unspecified atom stereocenters. The van der Waals surface area contributed by atoms with Crippen molar-refractivity contribution in [1.82, 2.24) is 0 Å². The lowest BCUT2D eigenvalue weighted by molar-refractivity contribution is 0.285. The highest BCUT2D eigenvalue weighted by Crippen LogP contribution is 2.29. The molecule has 1 heterocycles. The lowest BCUT2D eigenvalue weighted by Crippen LogP contribution is -1.74. The average Bonchev–Trinajstić information content (AvgIpc) is 2.48. The monoisotopic (exact) mass is 216 g/mol. The summed E-state index contributed by atoms with van der Waals surface area (Å²) >= 11 is 7.03. The van der Waals surface area contributed by atoms with E-state index in [9.17, 15) is 4.39 Å². The Balaban J connectivity index is 2.70. The lowest BCUT2D eigenvalue weighted by atomic mass is 10.2. The second-order valence-electron chi connectivity index (χ2n) is 2.67. The van der Waals surface area contributed by atoms with E-state index in [-0.39, 0.29) is 11.6 Å². The summed E-state index contributed by atoms with van der Waals surface area (Å²) in [6.45, 7) is -0.0153. The second-order valence-corrected chi connectivity index (χ2v) is 4.25. The Labute approximate surface area is 83.4 Å². The van der Waals surface area contributed by atoms with Gasteiger partial charge in [-0.3, -0.25) is 0 Å². The highest BCUT2D eigenvalue weighted by Gasteiger charge is 2.05. The number of hydrogen-bond donors (Lipinski definition) is 1. The third-order valence-corrected chi connectivity index (χ3v) is 3.14. The van der Waals surface area contributed by atoms with Gasteiger partial charge in [0.25, 0.3) is 0 Å². The zero-order chi connectivity index (χ0) is 9.42. The van der Waals surface area contributed by atoms with Gasteiger partial charge in [-0.1, -0.05) is 11.6 Å². The SMILES string of the molecule is OCc1cc2cc(F)c(Cl)cc2s1. The van der Waals surface area contributed by atoms with Gasteiger partial charge in [0.05, 0.1) is 11.6 Å². The van der Waals surface area contributed by atoms with E-state index in [0.29, 0.717) is 0 Å². The maximum absolute atomic E-state index is 13.0. The minimum atomic E-state index is -0.420. The molecule has 1 aromatic heterocycles. The quantitative estimate of drug-likeness (QED) is 0.776. The molecule has 0 aliphatic carbocycles. The van der Waals surface area contributed by atoms with E-state index in [1.807, 2.05) is 0 Å². The number of aliphatic hydroxyl groups excluding tert-OH is 1. The first-order chi connectivity index (χ1) is 6.20. The van der Waals surface area contributed by atoms with Gasteiger partial charge in [-0.2, -0.15) is 0 Å². The Kier molecular flexibility index (Phi) is 2.24. The topological polar surface area (TPSA) is 20.2 Å². The van der Waals surface area contributed by atoms with E-state index in [4.69, 9.17) is 16.7 Å². The first-order valence-corrected chi connectivity index (χ1v) is 4.88. The molecular weight excluding hydrogens is 211 g/mol. The molecule has 0 saturated carbocycles. The summed E-state index contributed by atoms with van der Waals surface area (Å²) < 4.78 is 13.9. The predicted octanol–water partition coefficient (Wildman–Crippen LogP) is 3.19. The van der Waals surface area contributed by atoms with Crippen molar-refractivity contribution in [2.45, 2.75) is 6.61 Å². The van der Waals surface area contributed by atoms with Gasteiger partial charge >= 0.3 is 0 Å². The smallest absolute Gasteiger partial charge is 0.142 e. The van der Waals surface area contributed by atoms with Crippen LogP contribution in [0.15, 0.2) is 18.2 Å². The number of halogens is 2. The van der Waals surface area contributed by atoms with Crippen LogP contribution in [0.4, 0.5) is 4.39 Å². The number of aliphatic hydroxyl groups is 1. The van der Waals surface area contributed by atoms with Crippen LogP contribution in [0.2, 0.25) is 5.02 Å². The predicted molar refractivity (Wildman–Crippen MR) is 52.7 cm³/mol. The fraction of sp³-hybridized carbons (Fsp3) is 0.111. The molecular formula is C9H6ClFOS. The molecule has 0 fully saturated rings. The van der Waals surface area contributed by atoms with E-state index in [0.717, 1.165) is 15.0 Å². The third kappa shape index (κ3) is 1.55. The van der Waals surface area contributed by atoms with E-state index >= 15 is 0 Å². The summed E-state index contributed by atoms with van der Waals surface area (Å²) in [5, 5.41) is 9.77. The molecule has 0 bridgehead atoms. The molecule has 2 aromatic rings. The van der Waals surface area contributed by atoms with Crippen LogP contribution >= 0.6 is 22.9 Å². The molecule has 0 saturated heterocycles. The molecule has 0 spiro atoms. The van der Waals surface area contributed by atoms with Gasteiger partial charge in [0.1, 0.15) is 5.82 Å². The maximum atomic E-state index is 13.0. The van der Waals surface area contributed by atoms with E-state index < -0.39 is 5.82 Å². The summed E-state index contributed by atoms with van der Waals surface area (Å²) in [6, 6.07) is 4.72. The highest BCUT2D eigenvalue weighted by atomic mass is 35.5. The minimum absolute atomic E-state index is 0.0153. The van der Waals surface area contributed by atoms with Crippen LogP contribution in [0.1, 0.15) is 4.88 Å². The fourth-order valence-electron chi connectivity index (χ4n) is 1.17. The zero-order valence-electron chi connectivity index (χ0n) is 6.55. The number of fused-ring (bicyclic) bond motifs is 1. The van der Waals surface area contributed by atoms with Gasteiger partial charge in [-0.25, -0.2) is 4.39 Å². The summed E-state index contributed by atoms with van der Waals surface area (Å²) in [5.74, 6) is -0.420. The largest absolute Gasteiger partial charge is 0.391 e. The van der Waals surface area contributed by atoms with Crippen molar-refractivity contribution in [2.75, 3.05) is 0 Å². The third-order valence-electron chi connectivity index (χ3n) is 1.77. The van der Waals surface area contributed by atoms with Gasteiger partial charge in [-0.15, -0.1) is 11.3 Å². The van der Waals surface area contributed by atoms with Crippen molar-refractivity contribution in [3.05, 3.63) is 33.9 Å². The molecule has 0 aliphatic heterocycles. The van der Waals surface area contributed by atoms with Crippen LogP contribution in [0.3, 0.4) is 0 Å². The number of rotatable bonds is 1. The molecule has 0 atom stereocenters. The molecule has 1 aromatic carbocycles. The molecule has 1 N–H and O–H groups in total. The van der Waals surface area contributed by atoms with Gasteiger partial charge in [0, 0.05) is 9.58 Å². The van der Waals surface area contributed by atoms with Gasteiger partial charge in [0.15, 0.2) is 0 Å². The first kappa shape index (κ1) is 8.94. The summed E-state index contributed by atoms with van der Waals surface area (Å²) in [7, 11) is 0. The Morgan fingerprint density at radius 3 is 2.85 bits per heavy atom. The van der Waals surface area contributed by atoms with Crippen LogP contribution in [-0.4, -0.2) is 5.11 Å². The lowest BCUT2D eigenvalue weighted by Gasteiger charge is -1.92. The van der Waals surface area contributed by atoms with Crippen molar-refractivity contribution < 1.29 is 9.50 Å². The number of benzene rings is 1. The van der Waals surface area contributed by atoms with Crippen molar-refractivity contribution >= 4 is 33.0 Å². The highest BCUT2D eigenvalue weighted by molar-refractivity contribution is 7.19. The molecule has 1 nitrogen and oxygen atoms in total. The van der Waals surface area contributed by atoms with Crippen LogP contribution in [0, 0.1) is 5.82 Å². The van der Waals surface area contributed by atoms with Crippen LogP contribution < -0.4 is 0 Å². The van der Waals surface area contributed by atoms with Crippen LogP contribution in [0.5, 0.6) is 0 Å². The molecule has 68 valence electrons. The second kappa shape index (κ2) is 3.25. The first-order valence-electron chi connectivity index (χ1n) is 3.69. The Bertz CT molecular complexity index is 413. The molecule has 0 aliphatic rings. The van der Waals surface area contributed by atoms with E-state index in [1.165, 1.54) is 17.4 Å². The Morgan fingerprint density at radius 2 is 2.15 bits per heavy atom. The maximum Gasteiger partial charge on any atom is 0.142 e. The average molecular weight is 217 g/mol. The van der Waals surface area contributed by atoms with Crippen molar-refractivity contribution in [3.63, 3.8) is 0 Å². The van der Waals surface area contributed by atoms with Gasteiger partial charge in [0.2, 0.25) is 0 Å². The van der Waals surface area contributed by atoms with Crippen LogP contribution in [-0.2, 0) is 6.61 Å². The van der Waals surface area contributed by atoms with Gasteiger partial charge < -0.3 is 5.11 Å². The summed E-state index contributed by atoms with van der Waals surface area (Å²) in [5.41, 5.74) is 0. The van der Waals surface area contributed by atoms with Crippen molar-refractivity contribution in [2.24, 2.45) is 0 Å². The van der Waals surface area contributed by atoms with Crippen LogP contribution in [0.25, 0.3) is 10.1 Å². The van der Waals surface area contributed by atoms with E-state index in [2.05, 4.69) is 0 Å². The minimum Gasteiger partial charge on any atom is -0.391 e. The van der Waals surface area contributed by atoms with Gasteiger partial charge in [-0.05, 0) is 23.6 Å². The molecule has 4 heteroatoms. The number of thiophene rings is 1. The molecule has 0 amide bonds. The normalized spacial score (nSPS) is 11.0. The fourth-order valence-corrected chi connectivity index (χ4v) is 2.34. The summed E-state index contributed by atoms with van der Waals surface area (Å²) in [4.78, 5) is 0.816. The standard InChI is InChI=1S/C9H6ClFOS/c10-7-3-9-5(2-8(7)11)1-6(4-12)13-9/h1-3,12H,4H2. The molecule has 2 rings (SSSR count). The van der Waals surface area contributed by atoms with Crippen molar-refractivity contribution in [1.29, 1.82) is 0 Å². The molecule has 13 heavy (non-hydrogen) atoms. The zero-order valence-corrected chi connectivity index (χ0v) is 8.12. The van der Waals surface area contributed by atoms with E-state index in [1.54, 1.807) is 12.1 Å².